The van der Waals surface area contributed by atoms with E-state index in [0.29, 0.717) is 6.04 Å². The lowest BCUT2D eigenvalue weighted by atomic mass is 10.3. The van der Waals surface area contributed by atoms with Crippen molar-refractivity contribution in [1.29, 1.82) is 0 Å². The van der Waals surface area contributed by atoms with Gasteiger partial charge in [0.15, 0.2) is 0 Å². The number of aryl methyl sites for hydroxylation is 1. The van der Waals surface area contributed by atoms with E-state index in [4.69, 9.17) is 5.11 Å². The summed E-state index contributed by atoms with van der Waals surface area (Å²) in [6, 6.07) is 0.712. The second-order valence-electron chi connectivity index (χ2n) is 3.79. The number of rotatable bonds is 5. The maximum Gasteiger partial charge on any atom is 0.0798 e. The van der Waals surface area contributed by atoms with Crippen LogP contribution >= 0.6 is 11.3 Å². The van der Waals surface area contributed by atoms with Crippen LogP contribution < -0.4 is 0 Å². The van der Waals surface area contributed by atoms with Crippen molar-refractivity contribution < 1.29 is 5.11 Å². The summed E-state index contributed by atoms with van der Waals surface area (Å²) >= 11 is 1.71. The highest BCUT2D eigenvalue weighted by Crippen LogP contribution is 2.29. The molecule has 0 aliphatic heterocycles. The van der Waals surface area contributed by atoms with Crippen LogP contribution in [0.4, 0.5) is 0 Å². The van der Waals surface area contributed by atoms with Crippen molar-refractivity contribution in [2.45, 2.75) is 32.4 Å². The number of hydrogen-bond donors (Lipinski definition) is 1. The monoisotopic (exact) mass is 212 g/mol. The third-order valence-electron chi connectivity index (χ3n) is 2.64. The molecule has 2 rings (SSSR count). The molecule has 0 unspecified atom stereocenters. The van der Waals surface area contributed by atoms with Gasteiger partial charge >= 0.3 is 0 Å². The minimum Gasteiger partial charge on any atom is -0.395 e. The fraction of sp³-hybridized carbons (Fsp3) is 0.700. The molecular formula is C10H16N2OS. The average Bonchev–Trinajstić information content (AvgIpc) is 2.93. The van der Waals surface area contributed by atoms with Gasteiger partial charge in [-0.2, -0.15) is 0 Å². The predicted octanol–water partition coefficient (Wildman–Crippen LogP) is 1.41. The summed E-state index contributed by atoms with van der Waals surface area (Å²) in [5, 5.41) is 8.96. The van der Waals surface area contributed by atoms with E-state index in [1.54, 1.807) is 11.3 Å². The van der Waals surface area contributed by atoms with Gasteiger partial charge in [0.25, 0.3) is 0 Å². The van der Waals surface area contributed by atoms with E-state index in [1.165, 1.54) is 17.7 Å². The van der Waals surface area contributed by atoms with Crippen LogP contribution in [0.2, 0.25) is 0 Å². The lowest BCUT2D eigenvalue weighted by Gasteiger charge is -2.19. The van der Waals surface area contributed by atoms with Crippen molar-refractivity contribution in [2.24, 2.45) is 0 Å². The molecule has 0 amide bonds. The molecular weight excluding hydrogens is 196 g/mol. The Kier molecular flexibility index (Phi) is 3.15. The Hall–Kier alpha value is -0.450. The molecule has 3 nitrogen and oxygen atoms in total. The Morgan fingerprint density at radius 3 is 2.93 bits per heavy atom. The highest BCUT2D eigenvalue weighted by atomic mass is 32.1. The van der Waals surface area contributed by atoms with Gasteiger partial charge in [-0.05, 0) is 19.8 Å². The number of hydrogen-bond acceptors (Lipinski definition) is 4. The van der Waals surface area contributed by atoms with Gasteiger partial charge in [-0.3, -0.25) is 4.90 Å². The molecule has 0 radical (unpaired) electrons. The smallest absolute Gasteiger partial charge is 0.0798 e. The molecule has 1 saturated carbocycles. The van der Waals surface area contributed by atoms with E-state index in [-0.39, 0.29) is 6.61 Å². The summed E-state index contributed by atoms with van der Waals surface area (Å²) < 4.78 is 0. The fourth-order valence-electron chi connectivity index (χ4n) is 1.62. The summed E-state index contributed by atoms with van der Waals surface area (Å²) in [4.78, 5) is 7.94. The highest BCUT2D eigenvalue weighted by Gasteiger charge is 2.28. The third kappa shape index (κ3) is 2.32. The van der Waals surface area contributed by atoms with Crippen LogP contribution in [-0.2, 0) is 6.54 Å². The van der Waals surface area contributed by atoms with Crippen LogP contribution in [0.25, 0.3) is 0 Å². The molecule has 1 aromatic rings. The summed E-state index contributed by atoms with van der Waals surface area (Å²) in [7, 11) is 0. The molecule has 1 heterocycles. The summed E-state index contributed by atoms with van der Waals surface area (Å²) in [5.41, 5.74) is 3.04. The third-order valence-corrected chi connectivity index (χ3v) is 3.56. The Morgan fingerprint density at radius 2 is 2.43 bits per heavy atom. The Labute approximate surface area is 88.4 Å². The largest absolute Gasteiger partial charge is 0.395 e. The molecule has 0 bridgehead atoms. The maximum atomic E-state index is 8.96. The first-order valence-corrected chi connectivity index (χ1v) is 5.93. The van der Waals surface area contributed by atoms with Gasteiger partial charge in [0.1, 0.15) is 0 Å². The molecule has 1 fully saturated rings. The van der Waals surface area contributed by atoms with E-state index in [2.05, 4.69) is 16.8 Å². The van der Waals surface area contributed by atoms with Gasteiger partial charge in [0.2, 0.25) is 0 Å². The maximum absolute atomic E-state index is 8.96. The molecule has 0 aromatic carbocycles. The first-order valence-electron chi connectivity index (χ1n) is 5.05. The lowest BCUT2D eigenvalue weighted by molar-refractivity contribution is 0.184. The molecule has 14 heavy (non-hydrogen) atoms. The summed E-state index contributed by atoms with van der Waals surface area (Å²) in [6.07, 6.45) is 2.58. The lowest BCUT2D eigenvalue weighted by Crippen LogP contribution is -2.28. The minimum absolute atomic E-state index is 0.258. The zero-order chi connectivity index (χ0) is 9.97. The number of aliphatic hydroxyl groups excluding tert-OH is 1. The number of thiazole rings is 1. The van der Waals surface area contributed by atoms with Crippen LogP contribution in [0, 0.1) is 6.92 Å². The van der Waals surface area contributed by atoms with E-state index < -0.39 is 0 Å². The summed E-state index contributed by atoms with van der Waals surface area (Å²) in [6.45, 7) is 4.06. The standard InChI is InChI=1S/C10H16N2OS/c1-8-10(14-7-11-8)6-12(4-5-13)9-2-3-9/h7,9,13H,2-6H2,1H3. The van der Waals surface area contributed by atoms with E-state index in [0.717, 1.165) is 18.8 Å². The second-order valence-corrected chi connectivity index (χ2v) is 4.73. The zero-order valence-electron chi connectivity index (χ0n) is 8.44. The number of aliphatic hydroxyl groups is 1. The van der Waals surface area contributed by atoms with Gasteiger partial charge in [0.05, 0.1) is 17.8 Å². The van der Waals surface area contributed by atoms with Crippen molar-refractivity contribution >= 4 is 11.3 Å². The van der Waals surface area contributed by atoms with Crippen LogP contribution in [0.1, 0.15) is 23.4 Å². The Morgan fingerprint density at radius 1 is 1.64 bits per heavy atom. The van der Waals surface area contributed by atoms with Gasteiger partial charge in [0, 0.05) is 24.0 Å². The molecule has 1 aromatic heterocycles. The van der Waals surface area contributed by atoms with Crippen LogP contribution in [0.3, 0.4) is 0 Å². The van der Waals surface area contributed by atoms with Gasteiger partial charge in [-0.1, -0.05) is 0 Å². The predicted molar refractivity (Wildman–Crippen MR) is 57.4 cm³/mol. The minimum atomic E-state index is 0.258. The molecule has 0 atom stereocenters. The van der Waals surface area contributed by atoms with Crippen molar-refractivity contribution in [2.75, 3.05) is 13.2 Å². The van der Waals surface area contributed by atoms with Crippen molar-refractivity contribution in [3.05, 3.63) is 16.1 Å². The first-order chi connectivity index (χ1) is 6.81. The quantitative estimate of drug-likeness (QED) is 0.801. The molecule has 78 valence electrons. The van der Waals surface area contributed by atoms with Gasteiger partial charge in [-0.15, -0.1) is 11.3 Å². The summed E-state index contributed by atoms with van der Waals surface area (Å²) in [5.74, 6) is 0. The van der Waals surface area contributed by atoms with E-state index >= 15 is 0 Å². The van der Waals surface area contributed by atoms with Gasteiger partial charge < -0.3 is 5.11 Å². The first kappa shape index (κ1) is 10.1. The van der Waals surface area contributed by atoms with E-state index in [1.807, 2.05) is 5.51 Å². The Balaban J connectivity index is 1.96. The normalized spacial score (nSPS) is 16.5. The van der Waals surface area contributed by atoms with Crippen molar-refractivity contribution in [3.63, 3.8) is 0 Å². The van der Waals surface area contributed by atoms with Crippen molar-refractivity contribution in [3.8, 4) is 0 Å². The topological polar surface area (TPSA) is 36.4 Å². The van der Waals surface area contributed by atoms with Crippen LogP contribution in [0.5, 0.6) is 0 Å². The molecule has 0 saturated heterocycles. The second kappa shape index (κ2) is 4.38. The molecule has 0 spiro atoms. The van der Waals surface area contributed by atoms with Gasteiger partial charge in [-0.25, -0.2) is 4.98 Å². The highest BCUT2D eigenvalue weighted by molar-refractivity contribution is 7.09. The van der Waals surface area contributed by atoms with Crippen LogP contribution in [-0.4, -0.2) is 34.2 Å². The fourth-order valence-corrected chi connectivity index (χ4v) is 2.42. The molecule has 1 aliphatic rings. The molecule has 4 heteroatoms. The number of aromatic nitrogens is 1. The molecule has 1 aliphatic carbocycles. The van der Waals surface area contributed by atoms with E-state index in [9.17, 15) is 0 Å². The Bertz CT molecular complexity index is 296. The molecule has 1 N–H and O–H groups in total. The van der Waals surface area contributed by atoms with Crippen LogP contribution in [0.15, 0.2) is 5.51 Å². The SMILES string of the molecule is Cc1ncsc1CN(CCO)C1CC1. The number of nitrogens with zero attached hydrogens (tertiary/aromatic N) is 2. The average molecular weight is 212 g/mol. The zero-order valence-corrected chi connectivity index (χ0v) is 9.26. The van der Waals surface area contributed by atoms with Crippen molar-refractivity contribution in [1.82, 2.24) is 9.88 Å².